The van der Waals surface area contributed by atoms with Crippen LogP contribution in [0.4, 0.5) is 0 Å². The summed E-state index contributed by atoms with van der Waals surface area (Å²) in [5.41, 5.74) is 0.580. The summed E-state index contributed by atoms with van der Waals surface area (Å²) in [6.45, 7) is 2.02. The van der Waals surface area contributed by atoms with Gasteiger partial charge in [0, 0.05) is 0 Å². The lowest BCUT2D eigenvalue weighted by atomic mass is 9.64. The quantitative estimate of drug-likeness (QED) is 0.822. The van der Waals surface area contributed by atoms with Crippen LogP contribution in [0.5, 0.6) is 0 Å². The first-order chi connectivity index (χ1) is 9.19. The Bertz CT molecular complexity index is 452. The van der Waals surface area contributed by atoms with Crippen LogP contribution in [0.1, 0.15) is 31.7 Å². The first-order valence-electron chi connectivity index (χ1n) is 6.68. The van der Waals surface area contributed by atoms with Crippen molar-refractivity contribution in [1.29, 1.82) is 0 Å². The van der Waals surface area contributed by atoms with E-state index in [1.807, 2.05) is 30.3 Å². The molecule has 0 spiro atoms. The Morgan fingerprint density at radius 2 is 1.95 bits per heavy atom. The molecule has 19 heavy (non-hydrogen) atoms. The van der Waals surface area contributed by atoms with E-state index in [1.165, 1.54) is 0 Å². The third kappa shape index (κ3) is 2.78. The first-order valence-corrected chi connectivity index (χ1v) is 6.68. The highest BCUT2D eigenvalue weighted by Crippen LogP contribution is 2.43. The van der Waals surface area contributed by atoms with E-state index < -0.39 is 11.4 Å². The molecule has 1 aromatic rings. The first kappa shape index (κ1) is 13.6. The molecule has 0 heterocycles. The Hall–Kier alpha value is -1.84. The van der Waals surface area contributed by atoms with Crippen LogP contribution in [-0.4, -0.2) is 25.0 Å². The molecule has 1 aliphatic carbocycles. The summed E-state index contributed by atoms with van der Waals surface area (Å²) in [6, 6.07) is 9.76. The van der Waals surface area contributed by atoms with Gasteiger partial charge in [-0.05, 0) is 25.3 Å². The van der Waals surface area contributed by atoms with E-state index in [0.717, 1.165) is 24.8 Å². The fourth-order valence-electron chi connectivity index (χ4n) is 2.47. The molecule has 4 nitrogen and oxygen atoms in total. The highest BCUT2D eigenvalue weighted by molar-refractivity contribution is 5.91. The molecule has 1 aliphatic rings. The largest absolute Gasteiger partial charge is 0.465 e. The lowest BCUT2D eigenvalue weighted by molar-refractivity contribution is -0.144. The van der Waals surface area contributed by atoms with Gasteiger partial charge in [0.05, 0.1) is 12.0 Å². The lowest BCUT2D eigenvalue weighted by Gasteiger charge is -2.40. The Kier molecular flexibility index (Phi) is 4.20. The van der Waals surface area contributed by atoms with Crippen LogP contribution >= 0.6 is 0 Å². The van der Waals surface area contributed by atoms with E-state index >= 15 is 0 Å². The molecule has 0 aromatic heterocycles. The van der Waals surface area contributed by atoms with Crippen molar-refractivity contribution in [3.8, 4) is 0 Å². The Labute approximate surface area is 113 Å². The molecule has 0 bridgehead atoms. The molecule has 0 aliphatic heterocycles. The maximum Gasteiger partial charge on any atom is 0.325 e. The molecule has 0 saturated heterocycles. The van der Waals surface area contributed by atoms with Gasteiger partial charge >= 0.3 is 5.97 Å². The van der Waals surface area contributed by atoms with Gasteiger partial charge in [-0.25, -0.2) is 0 Å². The standard InChI is InChI=1S/C15H19NO3/c1-2-19-13(17)11-16-14(18)15(9-6-10-15)12-7-4-3-5-8-12/h3-5,7-8H,2,6,9-11H2,1H3,(H,16,18). The molecular weight excluding hydrogens is 242 g/mol. The normalized spacial score (nSPS) is 16.3. The summed E-state index contributed by atoms with van der Waals surface area (Å²) in [5.74, 6) is -0.462. The second kappa shape index (κ2) is 5.87. The fourth-order valence-corrected chi connectivity index (χ4v) is 2.47. The van der Waals surface area contributed by atoms with Crippen molar-refractivity contribution >= 4 is 11.9 Å². The maximum absolute atomic E-state index is 12.3. The van der Waals surface area contributed by atoms with Crippen LogP contribution < -0.4 is 5.32 Å². The number of benzene rings is 1. The monoisotopic (exact) mass is 261 g/mol. The molecule has 1 aromatic carbocycles. The predicted molar refractivity (Wildman–Crippen MR) is 71.6 cm³/mol. The topological polar surface area (TPSA) is 55.4 Å². The Morgan fingerprint density at radius 1 is 1.26 bits per heavy atom. The van der Waals surface area contributed by atoms with Crippen molar-refractivity contribution in [3.63, 3.8) is 0 Å². The zero-order chi connectivity index (χ0) is 13.7. The number of amides is 1. The highest BCUT2D eigenvalue weighted by atomic mass is 16.5. The summed E-state index contributed by atoms with van der Waals surface area (Å²) in [4.78, 5) is 23.6. The molecule has 1 N–H and O–H groups in total. The average Bonchev–Trinajstić information content (AvgIpc) is 2.37. The van der Waals surface area contributed by atoms with Crippen LogP contribution in [0.15, 0.2) is 30.3 Å². The van der Waals surface area contributed by atoms with Crippen molar-refractivity contribution in [1.82, 2.24) is 5.32 Å². The summed E-state index contributed by atoms with van der Waals surface area (Å²) in [7, 11) is 0. The number of carbonyl (C=O) groups is 2. The van der Waals surface area contributed by atoms with Gasteiger partial charge in [-0.1, -0.05) is 36.8 Å². The van der Waals surface area contributed by atoms with Crippen LogP contribution in [-0.2, 0) is 19.7 Å². The van der Waals surface area contributed by atoms with Gasteiger partial charge in [0.15, 0.2) is 0 Å². The maximum atomic E-state index is 12.3. The van der Waals surface area contributed by atoms with E-state index in [9.17, 15) is 9.59 Å². The molecule has 4 heteroatoms. The molecular formula is C15H19NO3. The summed E-state index contributed by atoms with van der Waals surface area (Å²) >= 11 is 0. The number of nitrogens with one attached hydrogen (secondary N) is 1. The predicted octanol–water partition coefficient (Wildman–Crippen LogP) is 1.79. The van der Waals surface area contributed by atoms with Crippen LogP contribution in [0.2, 0.25) is 0 Å². The van der Waals surface area contributed by atoms with E-state index in [0.29, 0.717) is 6.61 Å². The van der Waals surface area contributed by atoms with Gasteiger partial charge in [-0.2, -0.15) is 0 Å². The van der Waals surface area contributed by atoms with Crippen LogP contribution in [0, 0.1) is 0 Å². The minimum Gasteiger partial charge on any atom is -0.465 e. The number of hydrogen-bond donors (Lipinski definition) is 1. The summed E-state index contributed by atoms with van der Waals surface area (Å²) in [6.07, 6.45) is 2.72. The SMILES string of the molecule is CCOC(=O)CNC(=O)C1(c2ccccc2)CCC1. The molecule has 2 rings (SSSR count). The van der Waals surface area contributed by atoms with E-state index in [-0.39, 0.29) is 12.5 Å². The molecule has 1 saturated carbocycles. The van der Waals surface area contributed by atoms with E-state index in [4.69, 9.17) is 4.74 Å². The number of rotatable bonds is 5. The van der Waals surface area contributed by atoms with Crippen molar-refractivity contribution in [2.75, 3.05) is 13.2 Å². The summed E-state index contributed by atoms with van der Waals surface area (Å²) < 4.78 is 4.81. The number of ether oxygens (including phenoxy) is 1. The van der Waals surface area contributed by atoms with Gasteiger partial charge in [0.2, 0.25) is 5.91 Å². The zero-order valence-corrected chi connectivity index (χ0v) is 11.1. The van der Waals surface area contributed by atoms with Crippen molar-refractivity contribution < 1.29 is 14.3 Å². The van der Waals surface area contributed by atoms with E-state index in [2.05, 4.69) is 5.32 Å². The molecule has 1 amide bonds. The van der Waals surface area contributed by atoms with Gasteiger partial charge in [0.25, 0.3) is 0 Å². The second-order valence-corrected chi connectivity index (χ2v) is 4.79. The van der Waals surface area contributed by atoms with Crippen molar-refractivity contribution in [2.24, 2.45) is 0 Å². The fraction of sp³-hybridized carbons (Fsp3) is 0.467. The minimum absolute atomic E-state index is 0.0543. The molecule has 102 valence electrons. The molecule has 0 radical (unpaired) electrons. The van der Waals surface area contributed by atoms with Gasteiger partial charge < -0.3 is 10.1 Å². The average molecular weight is 261 g/mol. The molecule has 1 fully saturated rings. The number of carbonyl (C=O) groups excluding carboxylic acids is 2. The third-order valence-corrected chi connectivity index (χ3v) is 3.67. The van der Waals surface area contributed by atoms with Gasteiger partial charge in [-0.3, -0.25) is 9.59 Å². The Morgan fingerprint density at radius 3 is 2.47 bits per heavy atom. The minimum atomic E-state index is -0.451. The zero-order valence-electron chi connectivity index (χ0n) is 11.1. The van der Waals surface area contributed by atoms with Gasteiger partial charge in [0.1, 0.15) is 6.54 Å². The molecule has 0 atom stereocenters. The second-order valence-electron chi connectivity index (χ2n) is 4.79. The summed E-state index contributed by atoms with van der Waals surface area (Å²) in [5, 5.41) is 2.70. The van der Waals surface area contributed by atoms with Crippen molar-refractivity contribution in [3.05, 3.63) is 35.9 Å². The highest BCUT2D eigenvalue weighted by Gasteiger charge is 2.45. The number of hydrogen-bond acceptors (Lipinski definition) is 3. The van der Waals surface area contributed by atoms with E-state index in [1.54, 1.807) is 6.92 Å². The Balaban J connectivity index is 2.02. The smallest absolute Gasteiger partial charge is 0.325 e. The van der Waals surface area contributed by atoms with Gasteiger partial charge in [-0.15, -0.1) is 0 Å². The third-order valence-electron chi connectivity index (χ3n) is 3.67. The van der Waals surface area contributed by atoms with Crippen LogP contribution in [0.25, 0.3) is 0 Å². The van der Waals surface area contributed by atoms with Crippen molar-refractivity contribution in [2.45, 2.75) is 31.6 Å². The number of esters is 1. The van der Waals surface area contributed by atoms with Crippen LogP contribution in [0.3, 0.4) is 0 Å². The lowest BCUT2D eigenvalue weighted by Crippen LogP contribution is -2.50. The molecule has 0 unspecified atom stereocenters.